The molecule has 4 heterocycles. The number of hydrogen-bond acceptors (Lipinski definition) is 11. The number of benzene rings is 4. The third-order valence-electron chi connectivity index (χ3n) is 10.4. The predicted molar refractivity (Wildman–Crippen MR) is 251 cm³/mol. The van der Waals surface area contributed by atoms with Crippen LogP contribution in [0.4, 0.5) is 17.1 Å². The van der Waals surface area contributed by atoms with Gasteiger partial charge in [0.05, 0.1) is 30.3 Å². The van der Waals surface area contributed by atoms with Crippen molar-refractivity contribution in [2.75, 3.05) is 34.6 Å². The highest BCUT2D eigenvalue weighted by Crippen LogP contribution is 2.34. The summed E-state index contributed by atoms with van der Waals surface area (Å²) >= 11 is 2.73. The first-order chi connectivity index (χ1) is 30.8. The third-order valence-corrected chi connectivity index (χ3v) is 12.4. The largest absolute Gasteiger partial charge is 0.356 e. The Morgan fingerprint density at radius 3 is 1.87 bits per heavy atom. The number of anilines is 3. The van der Waals surface area contributed by atoms with Crippen LogP contribution in [-0.2, 0) is 16.1 Å². The molecule has 1 N–H and O–H groups in total. The zero-order valence-corrected chi connectivity index (χ0v) is 36.6. The van der Waals surface area contributed by atoms with Crippen molar-refractivity contribution >= 4 is 52.4 Å². The molecule has 0 fully saturated rings. The zero-order valence-electron chi connectivity index (χ0n) is 35.0. The van der Waals surface area contributed by atoms with Gasteiger partial charge in [0.1, 0.15) is 0 Å². The average molecular weight is 872 g/mol. The standard InChI is InChI=1S/C48H45N11O2S2/c1-34(37-13-7-4-8-14-37)59-45(39-25-29-50-30-26-39)53-55-48(59)63-35(2)46(61)58(42-17-11-6-12-18-42)33-56(3)41-21-19-36(20-22-41)31-57-44(38-23-27-49-28-24-38)52-54-47(57)62-32-43(60)51-40-15-9-5-10-16-40/h4-30,34-35H,31-33H2,1-3H3,(H,51,60). The lowest BCUT2D eigenvalue weighted by atomic mass is 10.1. The molecule has 63 heavy (non-hydrogen) atoms. The molecular formula is C48H45N11O2S2. The number of rotatable bonds is 17. The Labute approximate surface area is 374 Å². The van der Waals surface area contributed by atoms with Gasteiger partial charge in [-0.2, -0.15) is 0 Å². The maximum Gasteiger partial charge on any atom is 0.241 e. The number of aromatic nitrogens is 8. The Hall–Kier alpha value is -7.10. The summed E-state index contributed by atoms with van der Waals surface area (Å²) in [6.45, 7) is 4.81. The van der Waals surface area contributed by atoms with Crippen LogP contribution in [0.1, 0.15) is 31.0 Å². The molecule has 0 aliphatic rings. The van der Waals surface area contributed by atoms with E-state index < -0.39 is 5.25 Å². The molecular weight excluding hydrogens is 827 g/mol. The second-order valence-corrected chi connectivity index (χ2v) is 16.9. The summed E-state index contributed by atoms with van der Waals surface area (Å²) in [5, 5.41) is 22.0. The van der Waals surface area contributed by atoms with E-state index in [2.05, 4.69) is 76.3 Å². The first-order valence-electron chi connectivity index (χ1n) is 20.4. The van der Waals surface area contributed by atoms with Crippen LogP contribution in [0.25, 0.3) is 22.8 Å². The Bertz CT molecular complexity index is 2720. The van der Waals surface area contributed by atoms with Gasteiger partial charge in [-0.3, -0.25) is 33.6 Å². The smallest absolute Gasteiger partial charge is 0.241 e. The fourth-order valence-corrected chi connectivity index (χ4v) is 8.76. The summed E-state index contributed by atoms with van der Waals surface area (Å²) in [6, 6.07) is 45.1. The zero-order chi connectivity index (χ0) is 43.5. The molecule has 0 saturated carbocycles. The molecule has 4 aromatic carbocycles. The fourth-order valence-electron chi connectivity index (χ4n) is 7.03. The van der Waals surface area contributed by atoms with Crippen molar-refractivity contribution in [1.82, 2.24) is 39.5 Å². The molecule has 0 bridgehead atoms. The van der Waals surface area contributed by atoms with E-state index in [-0.39, 0.29) is 23.6 Å². The molecule has 8 rings (SSSR count). The van der Waals surface area contributed by atoms with Gasteiger partial charge in [-0.1, -0.05) is 102 Å². The van der Waals surface area contributed by atoms with Crippen LogP contribution < -0.4 is 15.1 Å². The molecule has 0 saturated heterocycles. The molecule has 2 atom stereocenters. The summed E-state index contributed by atoms with van der Waals surface area (Å²) in [4.78, 5) is 39.7. The molecule has 15 heteroatoms. The number of thioether (sulfide) groups is 2. The van der Waals surface area contributed by atoms with Crippen LogP contribution in [0, 0.1) is 0 Å². The van der Waals surface area contributed by atoms with Gasteiger partial charge < -0.3 is 10.2 Å². The molecule has 316 valence electrons. The summed E-state index contributed by atoms with van der Waals surface area (Å²) in [5.41, 5.74) is 6.33. The van der Waals surface area contributed by atoms with Crippen LogP contribution in [-0.4, -0.2) is 76.0 Å². The van der Waals surface area contributed by atoms with Gasteiger partial charge in [0.15, 0.2) is 22.0 Å². The molecule has 0 aliphatic heterocycles. The Balaban J connectivity index is 0.996. The van der Waals surface area contributed by atoms with Crippen LogP contribution in [0.3, 0.4) is 0 Å². The maximum atomic E-state index is 14.6. The highest BCUT2D eigenvalue weighted by molar-refractivity contribution is 8.00. The SMILES string of the molecule is CC(Sc1nnc(-c2ccncc2)n1C(C)c1ccccc1)C(=O)N(CN(C)c1ccc(Cn2c(SCC(=O)Nc3ccccc3)nnc2-c2ccncc2)cc1)c1ccccc1. The van der Waals surface area contributed by atoms with E-state index in [0.29, 0.717) is 35.2 Å². The van der Waals surface area contributed by atoms with E-state index >= 15 is 0 Å². The lowest BCUT2D eigenvalue weighted by Crippen LogP contribution is -2.43. The third kappa shape index (κ3) is 10.3. The molecule has 0 radical (unpaired) electrons. The summed E-state index contributed by atoms with van der Waals surface area (Å²) < 4.78 is 4.12. The van der Waals surface area contributed by atoms with Crippen molar-refractivity contribution in [3.63, 3.8) is 0 Å². The van der Waals surface area contributed by atoms with Crippen molar-refractivity contribution in [2.24, 2.45) is 0 Å². The normalized spacial score (nSPS) is 12.0. The molecule has 2 amide bonds. The summed E-state index contributed by atoms with van der Waals surface area (Å²) in [7, 11) is 1.98. The number of nitrogens with zero attached hydrogens (tertiary/aromatic N) is 10. The van der Waals surface area contributed by atoms with Crippen LogP contribution in [0.15, 0.2) is 175 Å². The number of para-hydroxylation sites is 2. The Kier molecular flexibility index (Phi) is 13.6. The minimum atomic E-state index is -0.507. The minimum absolute atomic E-state index is 0.0687. The Morgan fingerprint density at radius 1 is 0.651 bits per heavy atom. The monoisotopic (exact) mass is 871 g/mol. The van der Waals surface area contributed by atoms with E-state index in [1.165, 1.54) is 23.5 Å². The maximum absolute atomic E-state index is 14.6. The number of amides is 2. The predicted octanol–water partition coefficient (Wildman–Crippen LogP) is 8.99. The first kappa shape index (κ1) is 42.6. The van der Waals surface area contributed by atoms with Gasteiger partial charge in [-0.15, -0.1) is 20.4 Å². The van der Waals surface area contributed by atoms with Gasteiger partial charge in [-0.05, 0) is 85.6 Å². The second-order valence-electron chi connectivity index (χ2n) is 14.7. The first-order valence-corrected chi connectivity index (χ1v) is 22.2. The Morgan fingerprint density at radius 2 is 1.22 bits per heavy atom. The van der Waals surface area contributed by atoms with Gasteiger partial charge in [0.2, 0.25) is 11.8 Å². The van der Waals surface area contributed by atoms with E-state index in [4.69, 9.17) is 0 Å². The van der Waals surface area contributed by atoms with E-state index in [1.54, 1.807) is 24.8 Å². The lowest BCUT2D eigenvalue weighted by molar-refractivity contribution is -0.118. The number of hydrogen-bond donors (Lipinski definition) is 1. The van der Waals surface area contributed by atoms with Crippen LogP contribution in [0.5, 0.6) is 0 Å². The van der Waals surface area contributed by atoms with Gasteiger partial charge in [0, 0.05) is 60.0 Å². The molecule has 0 spiro atoms. The number of nitrogens with one attached hydrogen (secondary N) is 1. The van der Waals surface area contributed by atoms with E-state index in [9.17, 15) is 9.59 Å². The molecule has 2 unspecified atom stereocenters. The van der Waals surface area contributed by atoms with Gasteiger partial charge in [-0.25, -0.2) is 0 Å². The topological polar surface area (TPSA) is 140 Å². The lowest BCUT2D eigenvalue weighted by Gasteiger charge is -2.31. The highest BCUT2D eigenvalue weighted by atomic mass is 32.2. The van der Waals surface area contributed by atoms with Crippen LogP contribution >= 0.6 is 23.5 Å². The number of carbonyl (C=O) groups is 2. The van der Waals surface area contributed by atoms with Crippen molar-refractivity contribution < 1.29 is 9.59 Å². The highest BCUT2D eigenvalue weighted by Gasteiger charge is 2.29. The van der Waals surface area contributed by atoms with E-state index in [0.717, 1.165) is 39.3 Å². The van der Waals surface area contributed by atoms with Crippen molar-refractivity contribution in [1.29, 1.82) is 0 Å². The molecule has 0 aliphatic carbocycles. The van der Waals surface area contributed by atoms with Crippen molar-refractivity contribution in [3.05, 3.63) is 175 Å². The molecule has 13 nitrogen and oxygen atoms in total. The van der Waals surface area contributed by atoms with Crippen LogP contribution in [0.2, 0.25) is 0 Å². The number of pyridine rings is 2. The van der Waals surface area contributed by atoms with Gasteiger partial charge >= 0.3 is 0 Å². The fraction of sp³-hybridized carbons (Fsp3) is 0.167. The molecule has 8 aromatic rings. The van der Waals surface area contributed by atoms with Crippen molar-refractivity contribution in [2.45, 2.75) is 42.0 Å². The quantitative estimate of drug-likeness (QED) is 0.0693. The van der Waals surface area contributed by atoms with Gasteiger partial charge in [0.25, 0.3) is 0 Å². The number of carbonyl (C=O) groups excluding carboxylic acids is 2. The summed E-state index contributed by atoms with van der Waals surface area (Å²) in [5.74, 6) is 1.35. The average Bonchev–Trinajstić information content (AvgIpc) is 3.94. The summed E-state index contributed by atoms with van der Waals surface area (Å²) in [6.07, 6.45) is 6.93. The van der Waals surface area contributed by atoms with E-state index in [1.807, 2.05) is 139 Å². The van der Waals surface area contributed by atoms with Crippen molar-refractivity contribution in [3.8, 4) is 22.8 Å². The molecule has 4 aromatic heterocycles. The second kappa shape index (κ2) is 20.2. The minimum Gasteiger partial charge on any atom is -0.356 e.